The van der Waals surface area contributed by atoms with Crippen molar-refractivity contribution in [3.8, 4) is 0 Å². The van der Waals surface area contributed by atoms with Gasteiger partial charge in [-0.25, -0.2) is 9.97 Å². The molecule has 0 spiro atoms. The molecule has 1 aromatic heterocycles. The minimum atomic E-state index is 0.585. The van der Waals surface area contributed by atoms with Crippen LogP contribution in [0.1, 0.15) is 52.3 Å². The number of rotatable bonds is 7. The summed E-state index contributed by atoms with van der Waals surface area (Å²) in [5, 5.41) is 3.17. The van der Waals surface area contributed by atoms with Gasteiger partial charge in [0.25, 0.3) is 0 Å². The highest BCUT2D eigenvalue weighted by molar-refractivity contribution is 5.50. The highest BCUT2D eigenvalue weighted by Gasteiger charge is 2.28. The maximum absolute atomic E-state index is 4.82. The van der Waals surface area contributed by atoms with Gasteiger partial charge in [0.2, 0.25) is 0 Å². The molecule has 4 nitrogen and oxygen atoms in total. The molecule has 20 heavy (non-hydrogen) atoms. The van der Waals surface area contributed by atoms with Crippen LogP contribution in [-0.4, -0.2) is 30.1 Å². The van der Waals surface area contributed by atoms with Crippen LogP contribution in [-0.2, 0) is 0 Å². The van der Waals surface area contributed by atoms with Gasteiger partial charge in [0.15, 0.2) is 0 Å². The molecule has 0 aliphatic heterocycles. The van der Waals surface area contributed by atoms with Crippen molar-refractivity contribution in [1.29, 1.82) is 0 Å². The molecule has 4 heteroatoms. The van der Waals surface area contributed by atoms with E-state index in [-0.39, 0.29) is 0 Å². The highest BCUT2D eigenvalue weighted by Crippen LogP contribution is 2.39. The molecule has 1 fully saturated rings. The zero-order valence-corrected chi connectivity index (χ0v) is 13.5. The van der Waals surface area contributed by atoms with E-state index < -0.39 is 0 Å². The third kappa shape index (κ3) is 4.09. The van der Waals surface area contributed by atoms with E-state index in [2.05, 4.69) is 49.0 Å². The van der Waals surface area contributed by atoms with Gasteiger partial charge in [0.1, 0.15) is 17.5 Å². The summed E-state index contributed by atoms with van der Waals surface area (Å²) in [6.07, 6.45) is 2.47. The topological polar surface area (TPSA) is 41.0 Å². The number of nitrogens with one attached hydrogen (secondary N) is 1. The Morgan fingerprint density at radius 3 is 2.20 bits per heavy atom. The molecule has 0 unspecified atom stereocenters. The standard InChI is InChI=1S/C16H28N4/c1-11(2)9-20(10-12(3)4)15-8-14(17-5)18-16(19-15)13-6-7-13/h8,11-13H,6-7,9-10H2,1-5H3,(H,17,18,19). The van der Waals surface area contributed by atoms with E-state index in [1.165, 1.54) is 12.8 Å². The van der Waals surface area contributed by atoms with Crippen LogP contribution in [0, 0.1) is 11.8 Å². The molecule has 1 N–H and O–H groups in total. The third-order valence-corrected chi connectivity index (χ3v) is 3.42. The number of nitrogens with zero attached hydrogens (tertiary/aromatic N) is 3. The smallest absolute Gasteiger partial charge is 0.136 e. The summed E-state index contributed by atoms with van der Waals surface area (Å²) in [7, 11) is 1.93. The number of hydrogen-bond donors (Lipinski definition) is 1. The molecule has 0 saturated heterocycles. The second-order valence-electron chi connectivity index (χ2n) is 6.69. The lowest BCUT2D eigenvalue weighted by molar-refractivity contribution is 0.547. The van der Waals surface area contributed by atoms with Gasteiger partial charge in [-0.2, -0.15) is 0 Å². The Balaban J connectivity index is 2.27. The van der Waals surface area contributed by atoms with Crippen molar-refractivity contribution in [3.05, 3.63) is 11.9 Å². The molecular weight excluding hydrogens is 248 g/mol. The lowest BCUT2D eigenvalue weighted by Gasteiger charge is -2.28. The average Bonchev–Trinajstić information content (AvgIpc) is 3.20. The van der Waals surface area contributed by atoms with Gasteiger partial charge >= 0.3 is 0 Å². The maximum Gasteiger partial charge on any atom is 0.136 e. The first-order valence-corrected chi connectivity index (χ1v) is 7.81. The second kappa shape index (κ2) is 6.42. The summed E-state index contributed by atoms with van der Waals surface area (Å²) in [6.45, 7) is 11.1. The van der Waals surface area contributed by atoms with Crippen molar-refractivity contribution in [1.82, 2.24) is 9.97 Å². The highest BCUT2D eigenvalue weighted by atomic mass is 15.2. The Bertz CT molecular complexity index is 428. The number of aromatic nitrogens is 2. The van der Waals surface area contributed by atoms with E-state index in [0.29, 0.717) is 17.8 Å². The molecule has 0 bridgehead atoms. The van der Waals surface area contributed by atoms with Gasteiger partial charge in [0.05, 0.1) is 0 Å². The molecule has 1 heterocycles. The lowest BCUT2D eigenvalue weighted by atomic mass is 10.1. The van der Waals surface area contributed by atoms with Gasteiger partial charge in [0, 0.05) is 32.1 Å². The van der Waals surface area contributed by atoms with Crippen molar-refractivity contribution in [2.24, 2.45) is 11.8 Å². The fourth-order valence-corrected chi connectivity index (χ4v) is 2.41. The van der Waals surface area contributed by atoms with Gasteiger partial charge < -0.3 is 10.2 Å². The zero-order valence-electron chi connectivity index (χ0n) is 13.5. The average molecular weight is 276 g/mol. The summed E-state index contributed by atoms with van der Waals surface area (Å²) in [5.74, 6) is 4.88. The first kappa shape index (κ1) is 15.1. The molecule has 1 saturated carbocycles. The Kier molecular flexibility index (Phi) is 4.84. The fourth-order valence-electron chi connectivity index (χ4n) is 2.41. The molecule has 1 aliphatic rings. The zero-order chi connectivity index (χ0) is 14.7. The van der Waals surface area contributed by atoms with Crippen molar-refractivity contribution in [2.45, 2.75) is 46.5 Å². The van der Waals surface area contributed by atoms with E-state index in [0.717, 1.165) is 30.5 Å². The van der Waals surface area contributed by atoms with Crippen LogP contribution >= 0.6 is 0 Å². The second-order valence-corrected chi connectivity index (χ2v) is 6.69. The molecule has 2 rings (SSSR count). The van der Waals surface area contributed by atoms with Crippen LogP contribution in [0.3, 0.4) is 0 Å². The minimum Gasteiger partial charge on any atom is -0.373 e. The number of hydrogen-bond acceptors (Lipinski definition) is 4. The van der Waals surface area contributed by atoms with Crippen molar-refractivity contribution in [3.63, 3.8) is 0 Å². The van der Waals surface area contributed by atoms with Crippen LogP contribution in [0.5, 0.6) is 0 Å². The van der Waals surface area contributed by atoms with Crippen molar-refractivity contribution in [2.75, 3.05) is 30.4 Å². The molecule has 112 valence electrons. The van der Waals surface area contributed by atoms with E-state index in [1.54, 1.807) is 0 Å². The lowest BCUT2D eigenvalue weighted by Crippen LogP contribution is -2.32. The van der Waals surface area contributed by atoms with Gasteiger partial charge in [-0.1, -0.05) is 27.7 Å². The third-order valence-electron chi connectivity index (χ3n) is 3.42. The predicted octanol–water partition coefficient (Wildman–Crippen LogP) is 3.51. The molecular formula is C16H28N4. The van der Waals surface area contributed by atoms with E-state index >= 15 is 0 Å². The Labute approximate surface area is 123 Å². The predicted molar refractivity (Wildman–Crippen MR) is 85.4 cm³/mol. The molecule has 0 aromatic carbocycles. The first-order chi connectivity index (χ1) is 9.49. The quantitative estimate of drug-likeness (QED) is 0.827. The number of anilines is 2. The summed E-state index contributed by atoms with van der Waals surface area (Å²) in [4.78, 5) is 11.8. The summed E-state index contributed by atoms with van der Waals surface area (Å²) < 4.78 is 0. The van der Waals surface area contributed by atoms with E-state index in [9.17, 15) is 0 Å². The summed E-state index contributed by atoms with van der Waals surface area (Å²) >= 11 is 0. The van der Waals surface area contributed by atoms with Crippen LogP contribution in [0.4, 0.5) is 11.6 Å². The van der Waals surface area contributed by atoms with Crippen molar-refractivity contribution >= 4 is 11.6 Å². The molecule has 1 aromatic rings. The monoisotopic (exact) mass is 276 g/mol. The normalized spacial score (nSPS) is 14.9. The van der Waals surface area contributed by atoms with Gasteiger partial charge in [-0.05, 0) is 24.7 Å². The maximum atomic E-state index is 4.82. The van der Waals surface area contributed by atoms with Crippen molar-refractivity contribution < 1.29 is 0 Å². The molecule has 0 radical (unpaired) electrons. The van der Waals surface area contributed by atoms with Crippen LogP contribution in [0.15, 0.2) is 6.07 Å². The Morgan fingerprint density at radius 2 is 1.75 bits per heavy atom. The first-order valence-electron chi connectivity index (χ1n) is 7.81. The summed E-state index contributed by atoms with van der Waals surface area (Å²) in [6, 6.07) is 2.08. The van der Waals surface area contributed by atoms with Crippen LogP contribution in [0.25, 0.3) is 0 Å². The SMILES string of the molecule is CNc1cc(N(CC(C)C)CC(C)C)nc(C2CC2)n1. The fraction of sp³-hybridized carbons (Fsp3) is 0.750. The van der Waals surface area contributed by atoms with E-state index in [1.807, 2.05) is 7.05 Å². The minimum absolute atomic E-state index is 0.585. The molecule has 0 atom stereocenters. The summed E-state index contributed by atoms with van der Waals surface area (Å²) in [5.41, 5.74) is 0. The van der Waals surface area contributed by atoms with Crippen LogP contribution < -0.4 is 10.2 Å². The van der Waals surface area contributed by atoms with Crippen LogP contribution in [0.2, 0.25) is 0 Å². The van der Waals surface area contributed by atoms with Gasteiger partial charge in [-0.3, -0.25) is 0 Å². The Hall–Kier alpha value is -1.32. The largest absolute Gasteiger partial charge is 0.373 e. The molecule has 1 aliphatic carbocycles. The Morgan fingerprint density at radius 1 is 1.15 bits per heavy atom. The molecule has 0 amide bonds. The van der Waals surface area contributed by atoms with E-state index in [4.69, 9.17) is 4.98 Å². The van der Waals surface area contributed by atoms with Gasteiger partial charge in [-0.15, -0.1) is 0 Å².